The van der Waals surface area contributed by atoms with Crippen LogP contribution in [0.1, 0.15) is 37.7 Å². The summed E-state index contributed by atoms with van der Waals surface area (Å²) in [6.45, 7) is 0.882. The first kappa shape index (κ1) is 16.0. The second kappa shape index (κ2) is 8.18. The average molecular weight is 288 g/mol. The van der Waals surface area contributed by atoms with Gasteiger partial charge in [0.2, 0.25) is 5.91 Å². The third-order valence-corrected chi connectivity index (χ3v) is 4.23. The van der Waals surface area contributed by atoms with Crippen molar-refractivity contribution in [3.05, 3.63) is 35.9 Å². The van der Waals surface area contributed by atoms with Crippen LogP contribution in [0.4, 0.5) is 0 Å². The van der Waals surface area contributed by atoms with Gasteiger partial charge in [0.25, 0.3) is 0 Å². The molecule has 21 heavy (non-hydrogen) atoms. The van der Waals surface area contributed by atoms with Gasteiger partial charge in [-0.2, -0.15) is 0 Å². The molecule has 116 valence electrons. The molecule has 2 rings (SSSR count). The fourth-order valence-electron chi connectivity index (χ4n) is 3.18. The van der Waals surface area contributed by atoms with Gasteiger partial charge in [-0.3, -0.25) is 4.79 Å². The number of benzene rings is 1. The van der Waals surface area contributed by atoms with Gasteiger partial charge in [-0.15, -0.1) is 0 Å². The van der Waals surface area contributed by atoms with Gasteiger partial charge in [0.05, 0.1) is 0 Å². The maximum atomic E-state index is 12.5. The molecule has 0 radical (unpaired) electrons. The zero-order valence-electron chi connectivity index (χ0n) is 13.3. The summed E-state index contributed by atoms with van der Waals surface area (Å²) in [5, 5.41) is 3.29. The molecule has 1 aliphatic carbocycles. The first-order valence-electron chi connectivity index (χ1n) is 8.14. The Morgan fingerprint density at radius 2 is 1.86 bits per heavy atom. The zero-order valence-corrected chi connectivity index (χ0v) is 13.3. The summed E-state index contributed by atoms with van der Waals surface area (Å²) in [4.78, 5) is 14.6. The Bertz CT molecular complexity index is 424. The number of rotatable bonds is 6. The summed E-state index contributed by atoms with van der Waals surface area (Å²) in [6.07, 6.45) is 6.72. The maximum Gasteiger partial charge on any atom is 0.223 e. The molecule has 0 heterocycles. The van der Waals surface area contributed by atoms with Crippen molar-refractivity contribution < 1.29 is 4.79 Å². The lowest BCUT2D eigenvalue weighted by Gasteiger charge is -2.27. The highest BCUT2D eigenvalue weighted by molar-refractivity contribution is 5.79. The number of amides is 1. The van der Waals surface area contributed by atoms with Crippen molar-refractivity contribution in [1.82, 2.24) is 10.2 Å². The minimum absolute atomic E-state index is 0.192. The van der Waals surface area contributed by atoms with Crippen molar-refractivity contribution in [2.24, 2.45) is 5.92 Å². The van der Waals surface area contributed by atoms with E-state index in [9.17, 15) is 4.79 Å². The Balaban J connectivity index is 1.93. The van der Waals surface area contributed by atoms with E-state index in [2.05, 4.69) is 48.6 Å². The Kier molecular flexibility index (Phi) is 6.24. The Hall–Kier alpha value is -1.35. The number of carbonyl (C=O) groups is 1. The molecule has 3 nitrogen and oxygen atoms in total. The van der Waals surface area contributed by atoms with Crippen molar-refractivity contribution in [3.63, 3.8) is 0 Å². The molecule has 1 unspecified atom stereocenters. The van der Waals surface area contributed by atoms with Gasteiger partial charge in [-0.25, -0.2) is 0 Å². The van der Waals surface area contributed by atoms with E-state index in [-0.39, 0.29) is 17.9 Å². The molecule has 1 saturated carbocycles. The van der Waals surface area contributed by atoms with Crippen molar-refractivity contribution in [3.8, 4) is 0 Å². The molecule has 0 bridgehead atoms. The summed E-state index contributed by atoms with van der Waals surface area (Å²) < 4.78 is 0. The highest BCUT2D eigenvalue weighted by Gasteiger charge is 2.23. The van der Waals surface area contributed by atoms with Gasteiger partial charge >= 0.3 is 0 Å². The summed E-state index contributed by atoms with van der Waals surface area (Å²) in [5.74, 6) is 0.497. The Morgan fingerprint density at radius 3 is 2.48 bits per heavy atom. The fraction of sp³-hybridized carbons (Fsp3) is 0.611. The van der Waals surface area contributed by atoms with Gasteiger partial charge in [0.15, 0.2) is 0 Å². The lowest BCUT2D eigenvalue weighted by Crippen LogP contribution is -2.45. The van der Waals surface area contributed by atoms with Gasteiger partial charge < -0.3 is 10.2 Å². The standard InChI is InChI=1S/C18H28N2O/c1-20(2)14-17(13-15-9-5-3-6-10-15)19-18(21)16-11-7-4-8-12-16/h3,5-6,9-10,16-17H,4,7-8,11-14H2,1-2H3,(H,19,21). The van der Waals surface area contributed by atoms with E-state index >= 15 is 0 Å². The van der Waals surface area contributed by atoms with E-state index in [1.165, 1.54) is 24.8 Å². The van der Waals surface area contributed by atoms with Crippen LogP contribution in [-0.4, -0.2) is 37.5 Å². The Morgan fingerprint density at radius 1 is 1.19 bits per heavy atom. The molecule has 0 spiro atoms. The highest BCUT2D eigenvalue weighted by atomic mass is 16.1. The molecule has 1 fully saturated rings. The predicted molar refractivity (Wildman–Crippen MR) is 87.2 cm³/mol. The first-order chi connectivity index (χ1) is 10.1. The molecule has 0 aliphatic heterocycles. The zero-order chi connectivity index (χ0) is 15.1. The topological polar surface area (TPSA) is 32.3 Å². The van der Waals surface area contributed by atoms with Crippen LogP contribution in [0, 0.1) is 5.92 Å². The third-order valence-electron chi connectivity index (χ3n) is 4.23. The predicted octanol–water partition coefficient (Wildman–Crippen LogP) is 2.86. The van der Waals surface area contributed by atoms with Crippen LogP contribution in [-0.2, 0) is 11.2 Å². The molecule has 1 aromatic carbocycles. The minimum Gasteiger partial charge on any atom is -0.352 e. The average Bonchev–Trinajstić information content (AvgIpc) is 2.48. The second-order valence-electron chi connectivity index (χ2n) is 6.49. The lowest BCUT2D eigenvalue weighted by molar-refractivity contribution is -0.126. The first-order valence-corrected chi connectivity index (χ1v) is 8.14. The van der Waals surface area contributed by atoms with Gasteiger partial charge in [-0.05, 0) is 38.9 Å². The number of hydrogen-bond donors (Lipinski definition) is 1. The maximum absolute atomic E-state index is 12.5. The molecular weight excluding hydrogens is 260 g/mol. The van der Waals surface area contributed by atoms with Crippen LogP contribution in [0.15, 0.2) is 30.3 Å². The van der Waals surface area contributed by atoms with Crippen molar-refractivity contribution >= 4 is 5.91 Å². The van der Waals surface area contributed by atoms with Crippen LogP contribution in [0.2, 0.25) is 0 Å². The van der Waals surface area contributed by atoms with Gasteiger partial charge in [0.1, 0.15) is 0 Å². The van der Waals surface area contributed by atoms with Crippen molar-refractivity contribution in [1.29, 1.82) is 0 Å². The molecule has 0 saturated heterocycles. The normalized spacial score (nSPS) is 17.7. The molecule has 1 aromatic rings. The second-order valence-corrected chi connectivity index (χ2v) is 6.49. The molecule has 3 heteroatoms. The van der Waals surface area contributed by atoms with E-state index in [1.54, 1.807) is 0 Å². The van der Waals surface area contributed by atoms with Crippen LogP contribution >= 0.6 is 0 Å². The smallest absolute Gasteiger partial charge is 0.223 e. The van der Waals surface area contributed by atoms with Gasteiger partial charge in [0, 0.05) is 18.5 Å². The number of carbonyl (C=O) groups excluding carboxylic acids is 1. The molecule has 1 atom stereocenters. The number of likely N-dealkylation sites (N-methyl/N-ethyl adjacent to an activating group) is 1. The summed E-state index contributed by atoms with van der Waals surface area (Å²) in [6, 6.07) is 10.6. The van der Waals surface area contributed by atoms with E-state index in [1.807, 2.05) is 6.07 Å². The monoisotopic (exact) mass is 288 g/mol. The van der Waals surface area contributed by atoms with Crippen LogP contribution in [0.3, 0.4) is 0 Å². The van der Waals surface area contributed by atoms with Crippen LogP contribution in [0.5, 0.6) is 0 Å². The van der Waals surface area contributed by atoms with Crippen molar-refractivity contribution in [2.45, 2.75) is 44.6 Å². The van der Waals surface area contributed by atoms with Crippen LogP contribution < -0.4 is 5.32 Å². The number of nitrogens with one attached hydrogen (secondary N) is 1. The van der Waals surface area contributed by atoms with E-state index in [0.717, 1.165) is 25.8 Å². The van der Waals surface area contributed by atoms with E-state index < -0.39 is 0 Å². The molecule has 1 N–H and O–H groups in total. The van der Waals surface area contributed by atoms with E-state index in [0.29, 0.717) is 0 Å². The molecule has 1 amide bonds. The molecular formula is C18H28N2O. The molecule has 0 aromatic heterocycles. The van der Waals surface area contributed by atoms with Gasteiger partial charge in [-0.1, -0.05) is 49.6 Å². The fourth-order valence-corrected chi connectivity index (χ4v) is 3.18. The SMILES string of the molecule is CN(C)CC(Cc1ccccc1)NC(=O)C1CCCCC1. The largest absolute Gasteiger partial charge is 0.352 e. The summed E-state index contributed by atoms with van der Waals surface area (Å²) >= 11 is 0. The van der Waals surface area contributed by atoms with Crippen molar-refractivity contribution in [2.75, 3.05) is 20.6 Å². The summed E-state index contributed by atoms with van der Waals surface area (Å²) in [7, 11) is 4.12. The minimum atomic E-state index is 0.192. The summed E-state index contributed by atoms with van der Waals surface area (Å²) in [5.41, 5.74) is 1.29. The quantitative estimate of drug-likeness (QED) is 0.873. The highest BCUT2D eigenvalue weighted by Crippen LogP contribution is 2.23. The Labute approximate surface area is 128 Å². The number of hydrogen-bond acceptors (Lipinski definition) is 2. The van der Waals surface area contributed by atoms with Crippen LogP contribution in [0.25, 0.3) is 0 Å². The lowest BCUT2D eigenvalue weighted by atomic mass is 9.88. The third kappa shape index (κ3) is 5.50. The number of nitrogens with zero attached hydrogens (tertiary/aromatic N) is 1. The van der Waals surface area contributed by atoms with E-state index in [4.69, 9.17) is 0 Å². The molecule has 1 aliphatic rings.